The molecule has 0 atom stereocenters. The van der Waals surface area contributed by atoms with Crippen LogP contribution < -0.4 is 4.57 Å². The number of fused-ring (bicyclic) bond motifs is 1. The van der Waals surface area contributed by atoms with E-state index in [1.165, 1.54) is 21.9 Å². The van der Waals surface area contributed by atoms with Crippen LogP contribution in [0.3, 0.4) is 0 Å². The first-order valence-corrected chi connectivity index (χ1v) is 9.42. The van der Waals surface area contributed by atoms with Crippen molar-refractivity contribution in [2.45, 2.75) is 19.5 Å². The van der Waals surface area contributed by atoms with E-state index in [1.807, 2.05) is 33.7 Å². The van der Waals surface area contributed by atoms with Gasteiger partial charge in [0.2, 0.25) is 6.33 Å². The molecule has 0 N–H and O–H groups in total. The van der Waals surface area contributed by atoms with Gasteiger partial charge < -0.3 is 0 Å². The van der Waals surface area contributed by atoms with Crippen LogP contribution in [0, 0.1) is 0 Å². The first-order valence-electron chi connectivity index (χ1n) is 8.66. The summed E-state index contributed by atoms with van der Waals surface area (Å²) >= 11 is 12.9. The van der Waals surface area contributed by atoms with Crippen molar-refractivity contribution in [3.05, 3.63) is 101 Å². The Bertz CT molecular complexity index is 1030. The van der Waals surface area contributed by atoms with Gasteiger partial charge in [-0.2, -0.15) is 0 Å². The third kappa shape index (κ3) is 3.48. The first kappa shape index (κ1) is 17.1. The molecule has 1 heterocycles. The second-order valence-corrected chi connectivity index (χ2v) is 7.11. The molecule has 0 spiro atoms. The average molecular weight is 382 g/mol. The van der Waals surface area contributed by atoms with Crippen molar-refractivity contribution in [3.63, 3.8) is 0 Å². The maximum atomic E-state index is 6.47. The molecule has 0 aliphatic heterocycles. The van der Waals surface area contributed by atoms with Gasteiger partial charge in [0.1, 0.15) is 6.54 Å². The van der Waals surface area contributed by atoms with Gasteiger partial charge in [0.25, 0.3) is 10.3 Å². The van der Waals surface area contributed by atoms with Crippen LogP contribution in [0.25, 0.3) is 10.8 Å². The van der Waals surface area contributed by atoms with Gasteiger partial charge in [-0.15, -0.1) is 0 Å². The highest BCUT2D eigenvalue weighted by atomic mass is 35.5. The summed E-state index contributed by atoms with van der Waals surface area (Å²) in [4.78, 5) is 0. The van der Waals surface area contributed by atoms with E-state index in [1.54, 1.807) is 0 Å². The molecule has 130 valence electrons. The van der Waals surface area contributed by atoms with E-state index in [0.717, 1.165) is 13.0 Å². The molecular weight excluding hydrogens is 363 g/mol. The van der Waals surface area contributed by atoms with E-state index in [-0.39, 0.29) is 0 Å². The SMILES string of the molecule is Clc1c(Cl)[n+](Cc2ccccc2)cn1CCc1cccc2ccccc12. The molecule has 0 aliphatic carbocycles. The fraction of sp³-hybridized carbons (Fsp3) is 0.136. The fourth-order valence-electron chi connectivity index (χ4n) is 3.30. The smallest absolute Gasteiger partial charge is 0.219 e. The van der Waals surface area contributed by atoms with Crippen LogP contribution in [0.4, 0.5) is 0 Å². The minimum atomic E-state index is 0.577. The number of benzene rings is 3. The number of nitrogens with zero attached hydrogens (tertiary/aromatic N) is 2. The van der Waals surface area contributed by atoms with Crippen molar-refractivity contribution >= 4 is 34.0 Å². The van der Waals surface area contributed by atoms with Crippen molar-refractivity contribution < 1.29 is 4.57 Å². The molecule has 0 unspecified atom stereocenters. The number of hydrogen-bond donors (Lipinski definition) is 0. The molecule has 0 aliphatic rings. The minimum absolute atomic E-state index is 0.577. The fourth-order valence-corrected chi connectivity index (χ4v) is 3.75. The Morgan fingerprint density at radius 2 is 1.54 bits per heavy atom. The number of hydrogen-bond acceptors (Lipinski definition) is 0. The lowest BCUT2D eigenvalue weighted by Gasteiger charge is -2.05. The topological polar surface area (TPSA) is 8.81 Å². The minimum Gasteiger partial charge on any atom is -0.219 e. The molecule has 26 heavy (non-hydrogen) atoms. The third-order valence-electron chi connectivity index (χ3n) is 4.65. The summed E-state index contributed by atoms with van der Waals surface area (Å²) in [5.41, 5.74) is 2.51. The van der Waals surface area contributed by atoms with Gasteiger partial charge in [0.05, 0.1) is 6.54 Å². The Balaban J connectivity index is 1.56. The summed E-state index contributed by atoms with van der Waals surface area (Å²) < 4.78 is 4.01. The molecule has 4 heteroatoms. The first-order chi connectivity index (χ1) is 12.7. The van der Waals surface area contributed by atoms with E-state index < -0.39 is 0 Å². The van der Waals surface area contributed by atoms with E-state index in [2.05, 4.69) is 54.6 Å². The Hall–Kier alpha value is -2.29. The Morgan fingerprint density at radius 3 is 2.38 bits per heavy atom. The maximum absolute atomic E-state index is 6.47. The van der Waals surface area contributed by atoms with Crippen LogP contribution >= 0.6 is 23.2 Å². The largest absolute Gasteiger partial charge is 0.255 e. The van der Waals surface area contributed by atoms with E-state index in [0.29, 0.717) is 16.9 Å². The number of rotatable bonds is 5. The molecule has 3 aromatic carbocycles. The quantitative estimate of drug-likeness (QED) is 0.402. The second-order valence-electron chi connectivity index (χ2n) is 6.39. The summed E-state index contributed by atoms with van der Waals surface area (Å²) in [6.45, 7) is 1.50. The summed E-state index contributed by atoms with van der Waals surface area (Å²) in [5, 5.41) is 3.72. The van der Waals surface area contributed by atoms with E-state index in [9.17, 15) is 0 Å². The lowest BCUT2D eigenvalue weighted by Crippen LogP contribution is -2.33. The van der Waals surface area contributed by atoms with Crippen LogP contribution in [-0.2, 0) is 19.5 Å². The third-order valence-corrected chi connectivity index (χ3v) is 5.54. The summed E-state index contributed by atoms with van der Waals surface area (Å²) in [6, 6.07) is 25.2. The van der Waals surface area contributed by atoms with Gasteiger partial charge in [-0.1, -0.05) is 72.8 Å². The van der Waals surface area contributed by atoms with E-state index >= 15 is 0 Å². The maximum Gasteiger partial charge on any atom is 0.255 e. The number of imidazole rings is 1. The van der Waals surface area contributed by atoms with Crippen molar-refractivity contribution in [2.75, 3.05) is 0 Å². The van der Waals surface area contributed by atoms with E-state index in [4.69, 9.17) is 23.2 Å². The van der Waals surface area contributed by atoms with Crippen LogP contribution in [0.15, 0.2) is 79.1 Å². The lowest BCUT2D eigenvalue weighted by molar-refractivity contribution is -0.685. The van der Waals surface area contributed by atoms with Crippen LogP contribution in [0.2, 0.25) is 10.3 Å². The van der Waals surface area contributed by atoms with Gasteiger partial charge in [-0.3, -0.25) is 0 Å². The van der Waals surface area contributed by atoms with Gasteiger partial charge in [-0.25, -0.2) is 9.13 Å². The zero-order valence-corrected chi connectivity index (χ0v) is 15.8. The van der Waals surface area contributed by atoms with Crippen LogP contribution in [0.1, 0.15) is 11.1 Å². The van der Waals surface area contributed by atoms with Crippen molar-refractivity contribution in [2.24, 2.45) is 0 Å². The molecule has 2 nitrogen and oxygen atoms in total. The standard InChI is InChI=1S/C22H19Cl2N2/c23-21-22(24)26(15-17-7-2-1-3-8-17)16-25(21)14-13-19-11-6-10-18-9-4-5-12-20(18)19/h1-12,16H,13-15H2/q+1. The Kier molecular flexibility index (Phi) is 4.96. The van der Waals surface area contributed by atoms with Crippen molar-refractivity contribution in [3.8, 4) is 0 Å². The number of aromatic nitrogens is 2. The van der Waals surface area contributed by atoms with Gasteiger partial charge in [0.15, 0.2) is 0 Å². The summed E-state index contributed by atoms with van der Waals surface area (Å²) in [6.07, 6.45) is 2.90. The molecule has 1 aromatic heterocycles. The molecular formula is C22H19Cl2N2+. The lowest BCUT2D eigenvalue weighted by atomic mass is 10.0. The van der Waals surface area contributed by atoms with Gasteiger partial charge >= 0.3 is 0 Å². The summed E-state index contributed by atoms with van der Waals surface area (Å²) in [5.74, 6) is 0. The number of aryl methyl sites for hydroxylation is 2. The van der Waals surface area contributed by atoms with Crippen molar-refractivity contribution in [1.82, 2.24) is 4.57 Å². The molecule has 0 bridgehead atoms. The molecule has 4 aromatic rings. The predicted molar refractivity (Wildman–Crippen MR) is 108 cm³/mol. The van der Waals surface area contributed by atoms with Crippen LogP contribution in [0.5, 0.6) is 0 Å². The highest BCUT2D eigenvalue weighted by molar-refractivity contribution is 6.39. The molecule has 0 amide bonds. The normalized spacial score (nSPS) is 11.2. The van der Waals surface area contributed by atoms with Crippen molar-refractivity contribution in [1.29, 1.82) is 0 Å². The molecule has 4 rings (SSSR count). The zero-order valence-electron chi connectivity index (χ0n) is 14.3. The highest BCUT2D eigenvalue weighted by Crippen LogP contribution is 2.22. The highest BCUT2D eigenvalue weighted by Gasteiger charge is 2.20. The monoisotopic (exact) mass is 381 g/mol. The average Bonchev–Trinajstić information content (AvgIpc) is 2.95. The van der Waals surface area contributed by atoms with Crippen LogP contribution in [-0.4, -0.2) is 4.57 Å². The Morgan fingerprint density at radius 1 is 0.808 bits per heavy atom. The predicted octanol–water partition coefficient (Wildman–Crippen LogP) is 5.53. The van der Waals surface area contributed by atoms with Gasteiger partial charge in [-0.05, 0) is 45.1 Å². The molecule has 0 fully saturated rings. The second kappa shape index (κ2) is 7.53. The number of halogens is 2. The van der Waals surface area contributed by atoms with Gasteiger partial charge in [0, 0.05) is 6.42 Å². The summed E-state index contributed by atoms with van der Waals surface area (Å²) in [7, 11) is 0. The molecule has 0 saturated heterocycles. The zero-order chi connectivity index (χ0) is 17.9. The molecule has 0 saturated carbocycles. The Labute approximate surface area is 163 Å². The molecule has 0 radical (unpaired) electrons.